The summed E-state index contributed by atoms with van der Waals surface area (Å²) in [6.45, 7) is 0. The number of nitrogens with two attached hydrogens (primary N) is 1. The minimum Gasteiger partial charge on any atom is -0.308 e. The van der Waals surface area contributed by atoms with E-state index in [1.165, 1.54) is 0 Å². The molecule has 1 fully saturated rings. The SMILES string of the molecule is NC(S)NC1CCCCC1C(F)(F)F. The zero-order valence-corrected chi connectivity index (χ0v) is 8.61. The predicted octanol–water partition coefficient (Wildman–Crippen LogP) is 1.87. The average Bonchev–Trinajstić information content (AvgIpc) is 2.01. The number of alkyl halides is 3. The van der Waals surface area contributed by atoms with E-state index in [4.69, 9.17) is 5.73 Å². The van der Waals surface area contributed by atoms with Crippen molar-refractivity contribution in [2.75, 3.05) is 0 Å². The number of hydrogen-bond donors (Lipinski definition) is 3. The maximum absolute atomic E-state index is 12.5. The molecule has 3 N–H and O–H groups in total. The monoisotopic (exact) mass is 228 g/mol. The summed E-state index contributed by atoms with van der Waals surface area (Å²) in [7, 11) is 0. The van der Waals surface area contributed by atoms with E-state index in [2.05, 4.69) is 17.9 Å². The van der Waals surface area contributed by atoms with Gasteiger partial charge in [-0.05, 0) is 12.8 Å². The highest BCUT2D eigenvalue weighted by Crippen LogP contribution is 2.37. The molecule has 0 aromatic carbocycles. The van der Waals surface area contributed by atoms with Gasteiger partial charge in [0.05, 0.1) is 5.92 Å². The number of halogens is 3. The van der Waals surface area contributed by atoms with E-state index in [1.807, 2.05) is 0 Å². The first-order valence-electron chi connectivity index (χ1n) is 4.67. The lowest BCUT2D eigenvalue weighted by atomic mass is 9.84. The molecule has 84 valence electrons. The summed E-state index contributed by atoms with van der Waals surface area (Å²) < 4.78 is 37.6. The maximum atomic E-state index is 12.5. The van der Waals surface area contributed by atoms with Gasteiger partial charge in [-0.15, -0.1) is 12.6 Å². The normalized spacial score (nSPS) is 31.5. The quantitative estimate of drug-likeness (QED) is 0.498. The zero-order chi connectivity index (χ0) is 10.8. The van der Waals surface area contributed by atoms with E-state index in [-0.39, 0.29) is 6.42 Å². The first-order chi connectivity index (χ1) is 6.41. The molecule has 0 amide bonds. The van der Waals surface area contributed by atoms with E-state index in [0.29, 0.717) is 12.8 Å². The van der Waals surface area contributed by atoms with Gasteiger partial charge in [-0.1, -0.05) is 12.8 Å². The van der Waals surface area contributed by atoms with Gasteiger partial charge < -0.3 is 5.73 Å². The Morgan fingerprint density at radius 2 is 1.86 bits per heavy atom. The van der Waals surface area contributed by atoms with Crippen molar-refractivity contribution in [3.05, 3.63) is 0 Å². The molecular formula is C8H15F3N2S. The molecule has 0 aliphatic heterocycles. The molecule has 0 aromatic rings. The van der Waals surface area contributed by atoms with Gasteiger partial charge in [-0.2, -0.15) is 13.2 Å². The van der Waals surface area contributed by atoms with Crippen molar-refractivity contribution in [3.8, 4) is 0 Å². The highest BCUT2D eigenvalue weighted by molar-refractivity contribution is 7.80. The Bertz CT molecular complexity index is 184. The van der Waals surface area contributed by atoms with Crippen LogP contribution in [0.2, 0.25) is 0 Å². The highest BCUT2D eigenvalue weighted by Gasteiger charge is 2.45. The second-order valence-corrected chi connectivity index (χ2v) is 4.21. The van der Waals surface area contributed by atoms with Crippen LogP contribution in [0.5, 0.6) is 0 Å². The van der Waals surface area contributed by atoms with Crippen LogP contribution in [0.3, 0.4) is 0 Å². The number of nitrogens with one attached hydrogen (secondary N) is 1. The molecular weight excluding hydrogens is 213 g/mol. The van der Waals surface area contributed by atoms with Crippen molar-refractivity contribution in [1.82, 2.24) is 5.32 Å². The summed E-state index contributed by atoms with van der Waals surface area (Å²) >= 11 is 3.84. The van der Waals surface area contributed by atoms with E-state index < -0.39 is 23.6 Å². The smallest absolute Gasteiger partial charge is 0.308 e. The van der Waals surface area contributed by atoms with E-state index >= 15 is 0 Å². The molecule has 14 heavy (non-hydrogen) atoms. The van der Waals surface area contributed by atoms with Gasteiger partial charge in [0.15, 0.2) is 0 Å². The van der Waals surface area contributed by atoms with Crippen molar-refractivity contribution in [1.29, 1.82) is 0 Å². The van der Waals surface area contributed by atoms with Crippen LogP contribution >= 0.6 is 12.6 Å². The van der Waals surface area contributed by atoms with Gasteiger partial charge in [0.25, 0.3) is 0 Å². The number of rotatable bonds is 2. The Morgan fingerprint density at radius 1 is 1.29 bits per heavy atom. The molecule has 0 aromatic heterocycles. The summed E-state index contributed by atoms with van der Waals surface area (Å²) in [5, 5.41) is 2.66. The standard InChI is InChI=1S/C8H15F3N2S/c9-8(10,11)5-3-1-2-4-6(5)13-7(12)14/h5-7,13-14H,1-4,12H2. The average molecular weight is 228 g/mol. The summed E-state index contributed by atoms with van der Waals surface area (Å²) in [6.07, 6.45) is -1.93. The van der Waals surface area contributed by atoms with Gasteiger partial charge >= 0.3 is 6.18 Å². The van der Waals surface area contributed by atoms with Crippen LogP contribution in [0, 0.1) is 5.92 Å². The summed E-state index contributed by atoms with van der Waals surface area (Å²) in [6, 6.07) is -0.573. The van der Waals surface area contributed by atoms with Crippen LogP contribution in [0.25, 0.3) is 0 Å². The molecule has 1 aliphatic rings. The Labute approximate surface area is 86.8 Å². The lowest BCUT2D eigenvalue weighted by Gasteiger charge is -2.34. The van der Waals surface area contributed by atoms with Crippen molar-refractivity contribution in [3.63, 3.8) is 0 Å². The molecule has 1 saturated carbocycles. The number of thiol groups is 1. The Morgan fingerprint density at radius 3 is 2.36 bits per heavy atom. The molecule has 3 unspecified atom stereocenters. The lowest BCUT2D eigenvalue weighted by Crippen LogP contribution is -2.50. The van der Waals surface area contributed by atoms with Crippen LogP contribution in [-0.4, -0.2) is 17.7 Å². The summed E-state index contributed by atoms with van der Waals surface area (Å²) in [4.78, 5) is 0. The van der Waals surface area contributed by atoms with Gasteiger partial charge in [-0.3, -0.25) is 5.32 Å². The summed E-state index contributed by atoms with van der Waals surface area (Å²) in [5.74, 6) is -1.27. The maximum Gasteiger partial charge on any atom is 0.393 e. The fourth-order valence-corrected chi connectivity index (χ4v) is 2.13. The molecule has 6 heteroatoms. The molecule has 0 spiro atoms. The summed E-state index contributed by atoms with van der Waals surface area (Å²) in [5.41, 5.74) is 4.64. The molecule has 3 atom stereocenters. The minimum atomic E-state index is -4.12. The van der Waals surface area contributed by atoms with Crippen molar-refractivity contribution >= 4 is 12.6 Å². The van der Waals surface area contributed by atoms with Gasteiger partial charge in [-0.25, -0.2) is 0 Å². The molecule has 2 nitrogen and oxygen atoms in total. The largest absolute Gasteiger partial charge is 0.393 e. The van der Waals surface area contributed by atoms with E-state index in [0.717, 1.165) is 6.42 Å². The van der Waals surface area contributed by atoms with Gasteiger partial charge in [0, 0.05) is 6.04 Å². The van der Waals surface area contributed by atoms with E-state index in [1.54, 1.807) is 0 Å². The third kappa shape index (κ3) is 3.33. The van der Waals surface area contributed by atoms with Crippen LogP contribution in [-0.2, 0) is 0 Å². The number of hydrogen-bond acceptors (Lipinski definition) is 3. The first-order valence-corrected chi connectivity index (χ1v) is 5.19. The first kappa shape index (κ1) is 12.1. The molecule has 1 aliphatic carbocycles. The lowest BCUT2D eigenvalue weighted by molar-refractivity contribution is -0.189. The predicted molar refractivity (Wildman–Crippen MR) is 51.9 cm³/mol. The molecule has 0 saturated heterocycles. The van der Waals surface area contributed by atoms with Gasteiger partial charge in [0.1, 0.15) is 5.50 Å². The molecule has 0 heterocycles. The van der Waals surface area contributed by atoms with E-state index in [9.17, 15) is 13.2 Å². The molecule has 0 radical (unpaired) electrons. The molecule has 0 bridgehead atoms. The third-order valence-electron chi connectivity index (χ3n) is 2.57. The van der Waals surface area contributed by atoms with Crippen LogP contribution in [0.4, 0.5) is 13.2 Å². The Balaban J connectivity index is 2.59. The zero-order valence-electron chi connectivity index (χ0n) is 7.72. The van der Waals surface area contributed by atoms with Crippen LogP contribution in [0.15, 0.2) is 0 Å². The van der Waals surface area contributed by atoms with Crippen LogP contribution in [0.1, 0.15) is 25.7 Å². The Hall–Kier alpha value is 0.0600. The van der Waals surface area contributed by atoms with Crippen molar-refractivity contribution in [2.45, 2.75) is 43.4 Å². The fraction of sp³-hybridized carbons (Fsp3) is 1.00. The third-order valence-corrected chi connectivity index (χ3v) is 2.72. The second-order valence-electron chi connectivity index (χ2n) is 3.65. The van der Waals surface area contributed by atoms with Crippen molar-refractivity contribution in [2.24, 2.45) is 11.7 Å². The highest BCUT2D eigenvalue weighted by atomic mass is 32.1. The van der Waals surface area contributed by atoms with Gasteiger partial charge in [0.2, 0.25) is 0 Å². The van der Waals surface area contributed by atoms with Crippen molar-refractivity contribution < 1.29 is 13.2 Å². The second kappa shape index (κ2) is 4.72. The Kier molecular flexibility index (Phi) is 4.09. The van der Waals surface area contributed by atoms with Crippen LogP contribution < -0.4 is 11.1 Å². The fourth-order valence-electron chi connectivity index (χ4n) is 1.94. The topological polar surface area (TPSA) is 38.0 Å². The minimum absolute atomic E-state index is 0.196. The molecule has 1 rings (SSSR count).